The lowest BCUT2D eigenvalue weighted by atomic mass is 9.67. The topological polar surface area (TPSA) is 71.0 Å². The van der Waals surface area contributed by atoms with Crippen molar-refractivity contribution in [1.82, 2.24) is 15.2 Å². The number of fused-ring (bicyclic) bond motifs is 1. The molecule has 2 heterocycles. The van der Waals surface area contributed by atoms with Gasteiger partial charge in [0.15, 0.2) is 0 Å². The fourth-order valence-corrected chi connectivity index (χ4v) is 4.26. The van der Waals surface area contributed by atoms with Gasteiger partial charge in [0.25, 0.3) is 5.91 Å². The van der Waals surface area contributed by atoms with Crippen LogP contribution in [0.4, 0.5) is 8.78 Å². The van der Waals surface area contributed by atoms with Crippen LogP contribution < -0.4 is 0 Å². The van der Waals surface area contributed by atoms with Crippen molar-refractivity contribution in [3.8, 4) is 0 Å². The van der Waals surface area contributed by atoms with Gasteiger partial charge in [-0.1, -0.05) is 32.1 Å². The first-order valence-corrected chi connectivity index (χ1v) is 10.0. The molecule has 7 heteroatoms. The zero-order valence-corrected chi connectivity index (χ0v) is 16.8. The zero-order chi connectivity index (χ0) is 21.3. The van der Waals surface area contributed by atoms with E-state index in [-0.39, 0.29) is 17.2 Å². The van der Waals surface area contributed by atoms with Crippen molar-refractivity contribution < 1.29 is 13.6 Å². The van der Waals surface area contributed by atoms with E-state index < -0.39 is 11.6 Å². The number of benzene rings is 2. The van der Waals surface area contributed by atoms with E-state index in [0.717, 1.165) is 24.7 Å². The maximum Gasteiger partial charge on any atom is 0.253 e. The average Bonchev–Trinajstić information content (AvgIpc) is 3.25. The van der Waals surface area contributed by atoms with Crippen LogP contribution in [0.3, 0.4) is 0 Å². The lowest BCUT2D eigenvalue weighted by molar-refractivity contribution is -0.124. The number of allylic oxidation sites excluding steroid dienone is 1. The molecule has 1 amide bonds. The summed E-state index contributed by atoms with van der Waals surface area (Å²) in [5.41, 5.74) is 0.766. The Labute approximate surface area is 172 Å². The summed E-state index contributed by atoms with van der Waals surface area (Å²) in [7, 11) is 0. The minimum atomic E-state index is -0.639. The fraction of sp³-hybridized carbons (Fsp3) is 0.304. The number of aliphatic imine (C=N–C) groups is 1. The minimum absolute atomic E-state index is 0.226. The summed E-state index contributed by atoms with van der Waals surface area (Å²) in [6, 6.07) is 7.09. The molecule has 4 rings (SSSR count). The predicted molar refractivity (Wildman–Crippen MR) is 111 cm³/mol. The average molecular weight is 408 g/mol. The molecule has 0 saturated heterocycles. The summed E-state index contributed by atoms with van der Waals surface area (Å²) in [4.78, 5) is 20.4. The second-order valence-electron chi connectivity index (χ2n) is 7.68. The Morgan fingerprint density at radius 3 is 2.60 bits per heavy atom. The number of H-pyrrole nitrogens is 1. The lowest BCUT2D eigenvalue weighted by Gasteiger charge is -2.37. The molecule has 154 valence electrons. The van der Waals surface area contributed by atoms with Gasteiger partial charge in [-0.3, -0.25) is 4.79 Å². The standard InChI is InChI=1S/C23H22F2N4O/c1-3-23(4-2,12-21-26-13-27-29-21)18-7-8-20(28-22(18)30)15-6-5-14-9-16(24)11-19(25)17(14)10-15/h5-11,13,18H,3-4,12H2,1-2H3,(H,26,27,29). The van der Waals surface area contributed by atoms with E-state index in [1.807, 2.05) is 12.2 Å². The molecule has 3 aromatic rings. The molecule has 0 aliphatic carbocycles. The first kappa shape index (κ1) is 20.1. The summed E-state index contributed by atoms with van der Waals surface area (Å²) < 4.78 is 27.6. The van der Waals surface area contributed by atoms with Crippen LogP contribution in [0, 0.1) is 23.0 Å². The van der Waals surface area contributed by atoms with Gasteiger partial charge in [0.05, 0.1) is 11.6 Å². The number of hydrogen-bond donors (Lipinski definition) is 1. The summed E-state index contributed by atoms with van der Waals surface area (Å²) >= 11 is 0. The number of aromatic nitrogens is 3. The number of carbonyl (C=O) groups is 1. The van der Waals surface area contributed by atoms with Crippen LogP contribution >= 0.6 is 0 Å². The first-order valence-electron chi connectivity index (χ1n) is 10.0. The number of nitrogens with one attached hydrogen (secondary N) is 1. The highest BCUT2D eigenvalue weighted by Crippen LogP contribution is 2.41. The van der Waals surface area contributed by atoms with Gasteiger partial charge in [-0.15, -0.1) is 10.2 Å². The Morgan fingerprint density at radius 1 is 1.13 bits per heavy atom. The van der Waals surface area contributed by atoms with E-state index in [1.54, 1.807) is 18.2 Å². The number of nitrogens with zero attached hydrogens (tertiary/aromatic N) is 3. The molecule has 0 spiro atoms. The van der Waals surface area contributed by atoms with Gasteiger partial charge in [0, 0.05) is 23.4 Å². The SMILES string of the molecule is CCC(CC)(Cc1nnc[nH]1)C1C=CC(c2ccc3cc(F)cc(F)c3c2)=NC1=O. The van der Waals surface area contributed by atoms with E-state index in [1.165, 1.54) is 12.4 Å². The molecular formula is C23H22F2N4O. The molecule has 1 atom stereocenters. The maximum absolute atomic E-state index is 14.2. The van der Waals surface area contributed by atoms with Crippen molar-refractivity contribution in [2.45, 2.75) is 33.1 Å². The molecule has 30 heavy (non-hydrogen) atoms. The van der Waals surface area contributed by atoms with Gasteiger partial charge < -0.3 is 4.98 Å². The number of rotatable bonds is 6. The van der Waals surface area contributed by atoms with Crippen molar-refractivity contribution in [3.63, 3.8) is 0 Å². The van der Waals surface area contributed by atoms with Gasteiger partial charge in [0.2, 0.25) is 0 Å². The molecule has 0 bridgehead atoms. The summed E-state index contributed by atoms with van der Waals surface area (Å²) in [5, 5.41) is 8.68. The molecule has 1 aliphatic rings. The number of hydrogen-bond acceptors (Lipinski definition) is 3. The van der Waals surface area contributed by atoms with Crippen LogP contribution in [0.1, 0.15) is 38.1 Å². The lowest BCUT2D eigenvalue weighted by Crippen LogP contribution is -2.37. The Balaban J connectivity index is 1.65. The summed E-state index contributed by atoms with van der Waals surface area (Å²) in [6.45, 7) is 4.12. The minimum Gasteiger partial charge on any atom is -0.332 e. The molecule has 1 aliphatic heterocycles. The van der Waals surface area contributed by atoms with Gasteiger partial charge in [-0.2, -0.15) is 0 Å². The molecule has 2 aromatic carbocycles. The number of aromatic amines is 1. The van der Waals surface area contributed by atoms with Gasteiger partial charge in [-0.25, -0.2) is 13.8 Å². The second kappa shape index (κ2) is 7.89. The van der Waals surface area contributed by atoms with Crippen LogP contribution in [0.25, 0.3) is 10.8 Å². The van der Waals surface area contributed by atoms with Crippen LogP contribution in [0.2, 0.25) is 0 Å². The van der Waals surface area contributed by atoms with Crippen LogP contribution in [0.5, 0.6) is 0 Å². The predicted octanol–water partition coefficient (Wildman–Crippen LogP) is 4.79. The van der Waals surface area contributed by atoms with Crippen LogP contribution in [-0.4, -0.2) is 26.8 Å². The highest BCUT2D eigenvalue weighted by Gasteiger charge is 2.41. The summed E-state index contributed by atoms with van der Waals surface area (Å²) in [5.74, 6) is -1.13. The van der Waals surface area contributed by atoms with E-state index in [0.29, 0.717) is 28.5 Å². The third-order valence-corrected chi connectivity index (χ3v) is 6.16. The Bertz CT molecular complexity index is 1150. The normalized spacial score (nSPS) is 16.9. The highest BCUT2D eigenvalue weighted by molar-refractivity contribution is 6.16. The first-order chi connectivity index (χ1) is 14.5. The summed E-state index contributed by atoms with van der Waals surface area (Å²) in [6.07, 6.45) is 7.39. The second-order valence-corrected chi connectivity index (χ2v) is 7.68. The fourth-order valence-electron chi connectivity index (χ4n) is 4.26. The number of amides is 1. The molecule has 5 nitrogen and oxygen atoms in total. The van der Waals surface area contributed by atoms with Crippen molar-refractivity contribution in [3.05, 3.63) is 71.8 Å². The Kier molecular flexibility index (Phi) is 5.28. The van der Waals surface area contributed by atoms with E-state index in [4.69, 9.17) is 0 Å². The largest absolute Gasteiger partial charge is 0.332 e. The molecule has 1 unspecified atom stereocenters. The molecule has 0 fully saturated rings. The Hall–Kier alpha value is -3.22. The quantitative estimate of drug-likeness (QED) is 0.638. The number of halogens is 2. The Morgan fingerprint density at radius 2 is 1.93 bits per heavy atom. The molecule has 1 aromatic heterocycles. The molecule has 0 saturated carbocycles. The monoisotopic (exact) mass is 408 g/mol. The third-order valence-electron chi connectivity index (χ3n) is 6.16. The van der Waals surface area contributed by atoms with Crippen LogP contribution in [-0.2, 0) is 11.2 Å². The zero-order valence-electron chi connectivity index (χ0n) is 16.8. The van der Waals surface area contributed by atoms with Gasteiger partial charge in [0.1, 0.15) is 23.8 Å². The number of dihydropyridines is 1. The molecular weight excluding hydrogens is 386 g/mol. The smallest absolute Gasteiger partial charge is 0.253 e. The van der Waals surface area contributed by atoms with Gasteiger partial charge in [-0.05, 0) is 41.9 Å². The van der Waals surface area contributed by atoms with E-state index in [9.17, 15) is 13.6 Å². The third kappa shape index (κ3) is 3.56. The highest BCUT2D eigenvalue weighted by atomic mass is 19.1. The van der Waals surface area contributed by atoms with Crippen molar-refractivity contribution in [1.29, 1.82) is 0 Å². The maximum atomic E-state index is 14.2. The van der Waals surface area contributed by atoms with Crippen molar-refractivity contribution in [2.24, 2.45) is 16.3 Å². The van der Waals surface area contributed by atoms with Gasteiger partial charge >= 0.3 is 0 Å². The number of carbonyl (C=O) groups excluding carboxylic acids is 1. The van der Waals surface area contributed by atoms with Crippen LogP contribution in [0.15, 0.2) is 53.8 Å². The van der Waals surface area contributed by atoms with E-state index >= 15 is 0 Å². The van der Waals surface area contributed by atoms with Crippen molar-refractivity contribution in [2.75, 3.05) is 0 Å². The molecule has 0 radical (unpaired) electrons. The van der Waals surface area contributed by atoms with Crippen molar-refractivity contribution >= 4 is 22.4 Å². The van der Waals surface area contributed by atoms with E-state index in [2.05, 4.69) is 34.0 Å². The molecule has 1 N–H and O–H groups in total.